The molecule has 0 N–H and O–H groups in total. The van der Waals surface area contributed by atoms with Crippen LogP contribution in [-0.2, 0) is 18.9 Å². The quantitative estimate of drug-likeness (QED) is 0.191. The Morgan fingerprint density at radius 3 is 2.57 bits per heavy atom. The molecule has 0 aliphatic rings. The summed E-state index contributed by atoms with van der Waals surface area (Å²) in [7, 11) is 1.64. The van der Waals surface area contributed by atoms with Gasteiger partial charge in [-0.3, -0.25) is 4.57 Å². The Bertz CT molecular complexity index is 1370. The Kier molecular flexibility index (Phi) is 7.37. The summed E-state index contributed by atoms with van der Waals surface area (Å²) >= 11 is 9.19. The number of halogens is 1. The summed E-state index contributed by atoms with van der Waals surface area (Å²) in [6.45, 7) is 0.786. The van der Waals surface area contributed by atoms with Gasteiger partial charge in [-0.25, -0.2) is 4.98 Å². The minimum absolute atomic E-state index is 0.276. The van der Waals surface area contributed by atoms with Crippen molar-refractivity contribution >= 4 is 34.7 Å². The van der Waals surface area contributed by atoms with Crippen molar-refractivity contribution in [3.8, 4) is 22.1 Å². The Balaban J connectivity index is 1.29. The smallest absolute Gasteiger partial charge is 0.192 e. The lowest BCUT2D eigenvalue weighted by molar-refractivity contribution is 0.287. The highest BCUT2D eigenvalue weighted by Crippen LogP contribution is 2.29. The fourth-order valence-corrected chi connectivity index (χ4v) is 5.21. The first kappa shape index (κ1) is 23.5. The van der Waals surface area contributed by atoms with Gasteiger partial charge in [0.1, 0.15) is 28.9 Å². The van der Waals surface area contributed by atoms with Crippen molar-refractivity contribution in [1.82, 2.24) is 19.7 Å². The van der Waals surface area contributed by atoms with E-state index in [4.69, 9.17) is 30.5 Å². The predicted octanol–water partition coefficient (Wildman–Crippen LogP) is 6.58. The standard InChI is InChI=1S/C25H21ClN4O3S2/c1-31-20-8-10-21(11-9-20)33-14-23-28-29-25(30(23)13-22-3-2-12-32-22)35-16-19-15-34-24(27-19)17-4-6-18(26)7-5-17/h2-12,15H,13-14,16H2,1H3. The molecule has 2 aromatic carbocycles. The fourth-order valence-electron chi connectivity index (χ4n) is 3.31. The number of hydrogen-bond donors (Lipinski definition) is 0. The van der Waals surface area contributed by atoms with Crippen molar-refractivity contribution in [3.05, 3.63) is 94.6 Å². The first-order valence-electron chi connectivity index (χ1n) is 10.7. The largest absolute Gasteiger partial charge is 0.497 e. The highest BCUT2D eigenvalue weighted by atomic mass is 35.5. The summed E-state index contributed by atoms with van der Waals surface area (Å²) in [6.07, 6.45) is 1.66. The van der Waals surface area contributed by atoms with Gasteiger partial charge in [-0.15, -0.1) is 21.5 Å². The molecule has 0 atom stereocenters. The zero-order chi connectivity index (χ0) is 24.0. The minimum Gasteiger partial charge on any atom is -0.497 e. The molecule has 3 aromatic heterocycles. The van der Waals surface area contributed by atoms with Crippen LogP contribution in [0.25, 0.3) is 10.6 Å². The van der Waals surface area contributed by atoms with E-state index in [9.17, 15) is 0 Å². The van der Waals surface area contributed by atoms with Crippen LogP contribution in [0.1, 0.15) is 17.3 Å². The molecule has 0 aliphatic carbocycles. The lowest BCUT2D eigenvalue weighted by Gasteiger charge is -2.10. The molecule has 3 heterocycles. The van der Waals surface area contributed by atoms with Gasteiger partial charge < -0.3 is 13.9 Å². The number of benzene rings is 2. The molecule has 0 bridgehead atoms. The molecule has 0 saturated heterocycles. The molecule has 178 valence electrons. The van der Waals surface area contributed by atoms with Gasteiger partial charge in [0.25, 0.3) is 0 Å². The Labute approximate surface area is 215 Å². The van der Waals surface area contributed by atoms with Crippen molar-refractivity contribution in [2.24, 2.45) is 0 Å². The first-order valence-corrected chi connectivity index (χ1v) is 13.0. The zero-order valence-corrected chi connectivity index (χ0v) is 21.1. The van der Waals surface area contributed by atoms with Crippen molar-refractivity contribution in [1.29, 1.82) is 0 Å². The van der Waals surface area contributed by atoms with Crippen LogP contribution in [-0.4, -0.2) is 26.9 Å². The molecule has 0 aliphatic heterocycles. The van der Waals surface area contributed by atoms with Gasteiger partial charge in [-0.1, -0.05) is 35.5 Å². The summed E-state index contributed by atoms with van der Waals surface area (Å²) in [5, 5.41) is 13.3. The number of rotatable bonds is 10. The van der Waals surface area contributed by atoms with E-state index in [1.165, 1.54) is 0 Å². The van der Waals surface area contributed by atoms with Gasteiger partial charge in [0, 0.05) is 21.7 Å². The van der Waals surface area contributed by atoms with E-state index in [2.05, 4.69) is 15.6 Å². The normalized spacial score (nSPS) is 11.0. The molecule has 0 radical (unpaired) electrons. The van der Waals surface area contributed by atoms with Crippen LogP contribution in [0.5, 0.6) is 11.5 Å². The van der Waals surface area contributed by atoms with Gasteiger partial charge in [-0.05, 0) is 48.5 Å². The van der Waals surface area contributed by atoms with Crippen molar-refractivity contribution < 1.29 is 13.9 Å². The number of hydrogen-bond acceptors (Lipinski definition) is 8. The van der Waals surface area contributed by atoms with E-state index in [0.717, 1.165) is 38.7 Å². The monoisotopic (exact) mass is 524 g/mol. The second-order valence-electron chi connectivity index (χ2n) is 7.47. The molecule has 0 amide bonds. The average molecular weight is 525 g/mol. The maximum Gasteiger partial charge on any atom is 0.192 e. The first-order chi connectivity index (χ1) is 17.2. The van der Waals surface area contributed by atoms with Crippen molar-refractivity contribution in [2.75, 3.05) is 7.11 Å². The van der Waals surface area contributed by atoms with Crippen molar-refractivity contribution in [3.63, 3.8) is 0 Å². The van der Waals surface area contributed by atoms with Gasteiger partial charge in [0.05, 0.1) is 25.6 Å². The van der Waals surface area contributed by atoms with Gasteiger partial charge in [-0.2, -0.15) is 0 Å². The number of methoxy groups -OCH3 is 1. The summed E-state index contributed by atoms with van der Waals surface area (Å²) in [5.74, 6) is 3.69. The lowest BCUT2D eigenvalue weighted by atomic mass is 10.2. The molecule has 0 fully saturated rings. The maximum absolute atomic E-state index is 6.00. The molecular weight excluding hydrogens is 504 g/mol. The molecular formula is C25H21ClN4O3S2. The number of thiazole rings is 1. The Morgan fingerprint density at radius 2 is 1.83 bits per heavy atom. The second-order valence-corrected chi connectivity index (χ2v) is 9.71. The Hall–Kier alpha value is -3.27. The van der Waals surface area contributed by atoms with Gasteiger partial charge in [0.15, 0.2) is 11.0 Å². The number of ether oxygens (including phenoxy) is 2. The van der Waals surface area contributed by atoms with Gasteiger partial charge in [0.2, 0.25) is 0 Å². The molecule has 0 saturated carbocycles. The van der Waals surface area contributed by atoms with E-state index in [1.807, 2.05) is 65.2 Å². The molecule has 7 nitrogen and oxygen atoms in total. The molecule has 0 spiro atoms. The minimum atomic E-state index is 0.276. The van der Waals surface area contributed by atoms with E-state index in [0.29, 0.717) is 23.1 Å². The van der Waals surface area contributed by atoms with Gasteiger partial charge >= 0.3 is 0 Å². The third kappa shape index (κ3) is 5.87. The number of aromatic nitrogens is 4. The van der Waals surface area contributed by atoms with Crippen LogP contribution < -0.4 is 9.47 Å². The van der Waals surface area contributed by atoms with E-state index in [1.54, 1.807) is 36.5 Å². The molecule has 5 rings (SSSR count). The topological polar surface area (TPSA) is 75.2 Å². The summed E-state index contributed by atoms with van der Waals surface area (Å²) < 4.78 is 18.7. The van der Waals surface area contributed by atoms with Crippen LogP contribution >= 0.6 is 34.7 Å². The lowest BCUT2D eigenvalue weighted by Crippen LogP contribution is -2.09. The zero-order valence-electron chi connectivity index (χ0n) is 18.8. The summed E-state index contributed by atoms with van der Waals surface area (Å²) in [4.78, 5) is 4.77. The van der Waals surface area contributed by atoms with Crippen LogP contribution in [0.3, 0.4) is 0 Å². The molecule has 35 heavy (non-hydrogen) atoms. The molecule has 0 unspecified atom stereocenters. The SMILES string of the molecule is COc1ccc(OCc2nnc(SCc3csc(-c4ccc(Cl)cc4)n3)n2Cc2ccco2)cc1. The van der Waals surface area contributed by atoms with Crippen LogP contribution in [0, 0.1) is 0 Å². The Morgan fingerprint density at radius 1 is 1.03 bits per heavy atom. The average Bonchev–Trinajstić information content (AvgIpc) is 3.65. The molecule has 10 heteroatoms. The predicted molar refractivity (Wildman–Crippen MR) is 137 cm³/mol. The van der Waals surface area contributed by atoms with E-state index < -0.39 is 0 Å². The number of furan rings is 1. The summed E-state index contributed by atoms with van der Waals surface area (Å²) in [5.41, 5.74) is 2.03. The number of nitrogens with zero attached hydrogens (tertiary/aromatic N) is 4. The highest BCUT2D eigenvalue weighted by Gasteiger charge is 2.16. The fraction of sp³-hybridized carbons (Fsp3) is 0.160. The van der Waals surface area contributed by atoms with Crippen LogP contribution in [0.2, 0.25) is 5.02 Å². The van der Waals surface area contributed by atoms with E-state index in [-0.39, 0.29) is 6.61 Å². The van der Waals surface area contributed by atoms with Crippen LogP contribution in [0.4, 0.5) is 0 Å². The highest BCUT2D eigenvalue weighted by molar-refractivity contribution is 7.98. The van der Waals surface area contributed by atoms with E-state index >= 15 is 0 Å². The molecule has 5 aromatic rings. The third-order valence-electron chi connectivity index (χ3n) is 5.11. The maximum atomic E-state index is 6.00. The van der Waals surface area contributed by atoms with Crippen molar-refractivity contribution in [2.45, 2.75) is 24.1 Å². The summed E-state index contributed by atoms with van der Waals surface area (Å²) in [6, 6.07) is 18.9. The van der Waals surface area contributed by atoms with Crippen LogP contribution in [0.15, 0.2) is 81.9 Å². The third-order valence-corrected chi connectivity index (χ3v) is 7.30. The second kappa shape index (κ2) is 11.0. The number of thioether (sulfide) groups is 1.